The molecular formula is C16H20N2O4. The van der Waals surface area contributed by atoms with Gasteiger partial charge in [0, 0.05) is 12.6 Å². The molecule has 0 bridgehead atoms. The molecule has 3 amide bonds. The van der Waals surface area contributed by atoms with Crippen molar-refractivity contribution in [2.24, 2.45) is 0 Å². The summed E-state index contributed by atoms with van der Waals surface area (Å²) in [6, 6.07) is 6.28. The van der Waals surface area contributed by atoms with Gasteiger partial charge in [0.1, 0.15) is 5.60 Å². The molecule has 0 unspecified atom stereocenters. The molecule has 0 radical (unpaired) electrons. The molecule has 1 aromatic rings. The van der Waals surface area contributed by atoms with Gasteiger partial charge in [-0.25, -0.2) is 4.79 Å². The molecule has 2 rings (SSSR count). The highest BCUT2D eigenvalue weighted by Gasteiger charge is 2.36. The first-order valence-electron chi connectivity index (χ1n) is 7.14. The Morgan fingerprint density at radius 3 is 2.14 bits per heavy atom. The van der Waals surface area contributed by atoms with E-state index >= 15 is 0 Å². The number of nitrogens with one attached hydrogen (secondary N) is 1. The Morgan fingerprint density at radius 2 is 1.68 bits per heavy atom. The van der Waals surface area contributed by atoms with Gasteiger partial charge in [0.05, 0.1) is 11.1 Å². The van der Waals surface area contributed by atoms with E-state index in [1.54, 1.807) is 52.0 Å². The lowest BCUT2D eigenvalue weighted by molar-refractivity contribution is 0.0474. The number of carbonyl (C=O) groups excluding carboxylic acids is 3. The van der Waals surface area contributed by atoms with Crippen molar-refractivity contribution >= 4 is 17.9 Å². The predicted octanol–water partition coefficient (Wildman–Crippen LogP) is 2.20. The number of alkyl carbamates (subject to hydrolysis) is 1. The van der Waals surface area contributed by atoms with Crippen LogP contribution < -0.4 is 5.32 Å². The molecule has 1 aliphatic rings. The predicted molar refractivity (Wildman–Crippen MR) is 80.6 cm³/mol. The molecule has 6 heteroatoms. The van der Waals surface area contributed by atoms with Crippen molar-refractivity contribution in [3.8, 4) is 0 Å². The SMILES string of the molecule is C[C@H](CN1C(=O)c2ccccc2C1=O)NC(=O)OC(C)(C)C. The first kappa shape index (κ1) is 16.0. The summed E-state index contributed by atoms with van der Waals surface area (Å²) in [5.41, 5.74) is 0.202. The Bertz CT molecular complexity index is 584. The number of nitrogens with zero attached hydrogens (tertiary/aromatic N) is 1. The van der Waals surface area contributed by atoms with E-state index in [1.165, 1.54) is 0 Å². The van der Waals surface area contributed by atoms with Crippen LogP contribution in [-0.4, -0.2) is 41.0 Å². The number of amides is 3. The lowest BCUT2D eigenvalue weighted by Crippen LogP contribution is -2.45. The molecule has 1 aliphatic heterocycles. The van der Waals surface area contributed by atoms with E-state index in [1.807, 2.05) is 0 Å². The van der Waals surface area contributed by atoms with E-state index in [0.29, 0.717) is 11.1 Å². The quantitative estimate of drug-likeness (QED) is 0.869. The third-order valence-corrected chi connectivity index (χ3v) is 3.10. The highest BCUT2D eigenvalue weighted by Crippen LogP contribution is 2.22. The first-order chi connectivity index (χ1) is 10.2. The summed E-state index contributed by atoms with van der Waals surface area (Å²) in [5.74, 6) is -0.670. The van der Waals surface area contributed by atoms with Crippen LogP contribution in [0.5, 0.6) is 0 Å². The van der Waals surface area contributed by atoms with Crippen molar-refractivity contribution in [3.05, 3.63) is 35.4 Å². The van der Waals surface area contributed by atoms with Crippen molar-refractivity contribution in [2.75, 3.05) is 6.54 Å². The Hall–Kier alpha value is -2.37. The summed E-state index contributed by atoms with van der Waals surface area (Å²) in [5, 5.41) is 2.62. The van der Waals surface area contributed by atoms with Gasteiger partial charge in [-0.05, 0) is 39.8 Å². The number of hydrogen-bond donors (Lipinski definition) is 1. The highest BCUT2D eigenvalue weighted by molar-refractivity contribution is 6.21. The minimum atomic E-state index is -0.598. The fraction of sp³-hybridized carbons (Fsp3) is 0.438. The Labute approximate surface area is 129 Å². The van der Waals surface area contributed by atoms with Gasteiger partial charge in [-0.3, -0.25) is 14.5 Å². The lowest BCUT2D eigenvalue weighted by Gasteiger charge is -2.24. The largest absolute Gasteiger partial charge is 0.444 e. The molecule has 0 saturated heterocycles. The van der Waals surface area contributed by atoms with Crippen LogP contribution in [0.25, 0.3) is 0 Å². The van der Waals surface area contributed by atoms with Gasteiger partial charge in [0.15, 0.2) is 0 Å². The monoisotopic (exact) mass is 304 g/mol. The molecule has 0 saturated carbocycles. The van der Waals surface area contributed by atoms with Gasteiger partial charge < -0.3 is 10.1 Å². The molecule has 22 heavy (non-hydrogen) atoms. The van der Waals surface area contributed by atoms with Gasteiger partial charge in [0.2, 0.25) is 0 Å². The van der Waals surface area contributed by atoms with Crippen LogP contribution in [-0.2, 0) is 4.74 Å². The zero-order chi connectivity index (χ0) is 16.5. The summed E-state index contributed by atoms with van der Waals surface area (Å²) in [4.78, 5) is 37.3. The number of carbonyl (C=O) groups is 3. The maximum absolute atomic E-state index is 12.2. The number of ether oxygens (including phenoxy) is 1. The number of benzene rings is 1. The van der Waals surface area contributed by atoms with Crippen molar-refractivity contribution in [1.29, 1.82) is 0 Å². The smallest absolute Gasteiger partial charge is 0.407 e. The first-order valence-corrected chi connectivity index (χ1v) is 7.14. The Morgan fingerprint density at radius 1 is 1.18 bits per heavy atom. The second kappa shape index (κ2) is 5.79. The number of fused-ring (bicyclic) bond motifs is 1. The van der Waals surface area contributed by atoms with E-state index in [0.717, 1.165) is 4.90 Å². The van der Waals surface area contributed by atoms with Gasteiger partial charge >= 0.3 is 6.09 Å². The number of imide groups is 1. The maximum atomic E-state index is 12.2. The van der Waals surface area contributed by atoms with Crippen LogP contribution in [0.15, 0.2) is 24.3 Å². The molecule has 1 atom stereocenters. The summed E-state index contributed by atoms with van der Waals surface area (Å²) >= 11 is 0. The minimum absolute atomic E-state index is 0.103. The van der Waals surface area contributed by atoms with Crippen LogP contribution in [0, 0.1) is 0 Å². The fourth-order valence-corrected chi connectivity index (χ4v) is 2.23. The van der Waals surface area contributed by atoms with Crippen molar-refractivity contribution < 1.29 is 19.1 Å². The second-order valence-corrected chi connectivity index (χ2v) is 6.31. The Balaban J connectivity index is 1.99. The second-order valence-electron chi connectivity index (χ2n) is 6.31. The number of hydrogen-bond acceptors (Lipinski definition) is 4. The average molecular weight is 304 g/mol. The molecule has 0 fully saturated rings. The third-order valence-electron chi connectivity index (χ3n) is 3.10. The summed E-state index contributed by atoms with van der Waals surface area (Å²) in [6.07, 6.45) is -0.573. The topological polar surface area (TPSA) is 75.7 Å². The highest BCUT2D eigenvalue weighted by atomic mass is 16.6. The molecule has 0 aromatic heterocycles. The molecule has 118 valence electrons. The molecule has 1 N–H and O–H groups in total. The van der Waals surface area contributed by atoms with Crippen LogP contribution in [0.2, 0.25) is 0 Å². The molecule has 0 aliphatic carbocycles. The van der Waals surface area contributed by atoms with Crippen LogP contribution in [0.3, 0.4) is 0 Å². The van der Waals surface area contributed by atoms with E-state index < -0.39 is 17.7 Å². The van der Waals surface area contributed by atoms with Crippen molar-refractivity contribution in [1.82, 2.24) is 10.2 Å². The van der Waals surface area contributed by atoms with E-state index in [-0.39, 0.29) is 18.4 Å². The molecular weight excluding hydrogens is 284 g/mol. The van der Waals surface area contributed by atoms with E-state index in [9.17, 15) is 14.4 Å². The third kappa shape index (κ3) is 3.44. The van der Waals surface area contributed by atoms with Crippen LogP contribution in [0.4, 0.5) is 4.79 Å². The van der Waals surface area contributed by atoms with Crippen LogP contribution >= 0.6 is 0 Å². The number of rotatable bonds is 3. The van der Waals surface area contributed by atoms with E-state index in [4.69, 9.17) is 4.74 Å². The standard InChI is InChI=1S/C16H20N2O4/c1-10(17-15(21)22-16(2,3)4)9-18-13(19)11-7-5-6-8-12(11)14(18)20/h5-8,10H,9H2,1-4H3,(H,17,21)/t10-/m1/s1. The summed E-state index contributed by atoms with van der Waals surface area (Å²) in [6.45, 7) is 7.11. The summed E-state index contributed by atoms with van der Waals surface area (Å²) in [7, 11) is 0. The van der Waals surface area contributed by atoms with Crippen molar-refractivity contribution in [3.63, 3.8) is 0 Å². The molecule has 1 aromatic carbocycles. The summed E-state index contributed by atoms with van der Waals surface area (Å²) < 4.78 is 5.15. The normalized spacial score (nSPS) is 15.5. The van der Waals surface area contributed by atoms with Gasteiger partial charge in [-0.15, -0.1) is 0 Å². The van der Waals surface area contributed by atoms with Gasteiger partial charge in [0.25, 0.3) is 11.8 Å². The Kier molecular flexibility index (Phi) is 4.21. The van der Waals surface area contributed by atoms with Crippen LogP contribution in [0.1, 0.15) is 48.4 Å². The maximum Gasteiger partial charge on any atom is 0.407 e. The van der Waals surface area contributed by atoms with Gasteiger partial charge in [-0.1, -0.05) is 12.1 Å². The van der Waals surface area contributed by atoms with Crippen molar-refractivity contribution in [2.45, 2.75) is 39.3 Å². The fourth-order valence-electron chi connectivity index (χ4n) is 2.23. The van der Waals surface area contributed by atoms with E-state index in [2.05, 4.69) is 5.32 Å². The molecule has 6 nitrogen and oxygen atoms in total. The average Bonchev–Trinajstić information content (AvgIpc) is 2.62. The van der Waals surface area contributed by atoms with Gasteiger partial charge in [-0.2, -0.15) is 0 Å². The molecule has 0 spiro atoms. The molecule has 1 heterocycles. The minimum Gasteiger partial charge on any atom is -0.444 e. The zero-order valence-corrected chi connectivity index (χ0v) is 13.2. The lowest BCUT2D eigenvalue weighted by atomic mass is 10.1. The zero-order valence-electron chi connectivity index (χ0n) is 13.2.